The molecular weight excluding hydrogens is 348 g/mol. The highest BCUT2D eigenvalue weighted by atomic mass is 35.5. The molecule has 0 radical (unpaired) electrons. The third-order valence-electron chi connectivity index (χ3n) is 4.41. The molecule has 0 amide bonds. The first kappa shape index (κ1) is 18.1. The van der Waals surface area contributed by atoms with Gasteiger partial charge in [-0.15, -0.1) is 0 Å². The van der Waals surface area contributed by atoms with Crippen LogP contribution in [0.1, 0.15) is 24.7 Å². The number of nitrogens with zero attached hydrogens (tertiary/aromatic N) is 3. The Labute approximate surface area is 156 Å². The van der Waals surface area contributed by atoms with Crippen LogP contribution in [0.3, 0.4) is 0 Å². The summed E-state index contributed by atoms with van der Waals surface area (Å²) in [6.45, 7) is 2.64. The lowest BCUT2D eigenvalue weighted by atomic mass is 10.1. The summed E-state index contributed by atoms with van der Waals surface area (Å²) < 4.78 is 1.55. The van der Waals surface area contributed by atoms with Crippen LogP contribution in [0.4, 0.5) is 0 Å². The number of rotatable bonds is 5. The van der Waals surface area contributed by atoms with Gasteiger partial charge in [-0.3, -0.25) is 9.36 Å². The molecule has 0 aliphatic rings. The Morgan fingerprint density at radius 1 is 1.31 bits per heavy atom. The molecule has 5 nitrogen and oxygen atoms in total. The highest BCUT2D eigenvalue weighted by molar-refractivity contribution is 6.35. The summed E-state index contributed by atoms with van der Waals surface area (Å²) in [5.74, 6) is 0.959. The molecule has 0 saturated carbocycles. The van der Waals surface area contributed by atoms with E-state index in [1.54, 1.807) is 47.0 Å². The average molecular weight is 367 g/mol. The first-order chi connectivity index (χ1) is 12.5. The second-order valence-corrected chi connectivity index (χ2v) is 6.75. The predicted molar refractivity (Wildman–Crippen MR) is 104 cm³/mol. The van der Waals surface area contributed by atoms with Crippen LogP contribution in [0, 0.1) is 17.2 Å². The molecule has 6 heteroatoms. The van der Waals surface area contributed by atoms with Gasteiger partial charge < -0.3 is 5.73 Å². The lowest BCUT2D eigenvalue weighted by molar-refractivity contribution is 0.531. The van der Waals surface area contributed by atoms with Gasteiger partial charge in [0, 0.05) is 6.42 Å². The number of aromatic nitrogens is 2. The van der Waals surface area contributed by atoms with Crippen molar-refractivity contribution in [3.63, 3.8) is 0 Å². The molecule has 0 fully saturated rings. The zero-order valence-electron chi connectivity index (χ0n) is 14.4. The van der Waals surface area contributed by atoms with Crippen molar-refractivity contribution in [3.05, 3.63) is 69.2 Å². The van der Waals surface area contributed by atoms with Gasteiger partial charge >= 0.3 is 0 Å². The number of halogens is 1. The second kappa shape index (κ2) is 7.69. The summed E-state index contributed by atoms with van der Waals surface area (Å²) >= 11 is 6.26. The zero-order chi connectivity index (χ0) is 18.7. The van der Waals surface area contributed by atoms with Gasteiger partial charge in [-0.2, -0.15) is 5.26 Å². The van der Waals surface area contributed by atoms with Gasteiger partial charge in [-0.1, -0.05) is 30.7 Å². The van der Waals surface area contributed by atoms with Gasteiger partial charge in [0.25, 0.3) is 5.56 Å². The molecule has 0 aliphatic carbocycles. The van der Waals surface area contributed by atoms with Crippen molar-refractivity contribution >= 4 is 22.5 Å². The van der Waals surface area contributed by atoms with E-state index in [1.165, 1.54) is 0 Å². The van der Waals surface area contributed by atoms with E-state index in [1.807, 2.05) is 0 Å². The van der Waals surface area contributed by atoms with Crippen molar-refractivity contribution < 1.29 is 0 Å². The van der Waals surface area contributed by atoms with E-state index in [2.05, 4.69) is 18.0 Å². The van der Waals surface area contributed by atoms with Crippen molar-refractivity contribution in [2.24, 2.45) is 11.7 Å². The fraction of sp³-hybridized carbons (Fsp3) is 0.250. The van der Waals surface area contributed by atoms with E-state index < -0.39 is 0 Å². The molecule has 2 aromatic carbocycles. The first-order valence-electron chi connectivity index (χ1n) is 8.46. The number of aryl methyl sites for hydroxylation is 1. The van der Waals surface area contributed by atoms with Gasteiger partial charge in [-0.05, 0) is 49.2 Å². The van der Waals surface area contributed by atoms with Crippen LogP contribution in [-0.4, -0.2) is 16.1 Å². The maximum atomic E-state index is 13.2. The van der Waals surface area contributed by atoms with Crippen LogP contribution in [0.2, 0.25) is 5.02 Å². The molecule has 1 atom stereocenters. The van der Waals surface area contributed by atoms with Crippen molar-refractivity contribution in [2.45, 2.75) is 19.8 Å². The van der Waals surface area contributed by atoms with Crippen LogP contribution in [-0.2, 0) is 6.42 Å². The topological polar surface area (TPSA) is 84.7 Å². The molecule has 2 N–H and O–H groups in total. The highest BCUT2D eigenvalue weighted by Crippen LogP contribution is 2.21. The largest absolute Gasteiger partial charge is 0.330 e. The molecule has 0 bridgehead atoms. The fourth-order valence-electron chi connectivity index (χ4n) is 2.88. The van der Waals surface area contributed by atoms with Gasteiger partial charge in [0.2, 0.25) is 0 Å². The predicted octanol–water partition coefficient (Wildman–Crippen LogP) is 3.44. The van der Waals surface area contributed by atoms with Gasteiger partial charge in [-0.25, -0.2) is 4.98 Å². The third-order valence-corrected chi connectivity index (χ3v) is 4.73. The minimum absolute atomic E-state index is 0.230. The number of benzene rings is 2. The van der Waals surface area contributed by atoms with Crippen molar-refractivity contribution in [2.75, 3.05) is 6.54 Å². The molecule has 3 aromatic rings. The van der Waals surface area contributed by atoms with E-state index in [0.29, 0.717) is 51.9 Å². The monoisotopic (exact) mass is 366 g/mol. The second-order valence-electron chi connectivity index (χ2n) is 6.34. The lowest BCUT2D eigenvalue weighted by Crippen LogP contribution is -2.25. The molecule has 0 aliphatic heterocycles. The van der Waals surface area contributed by atoms with Crippen LogP contribution < -0.4 is 11.3 Å². The van der Waals surface area contributed by atoms with E-state index in [9.17, 15) is 10.1 Å². The molecule has 0 saturated heterocycles. The average Bonchev–Trinajstić information content (AvgIpc) is 2.66. The normalized spacial score (nSPS) is 12.1. The Kier molecular flexibility index (Phi) is 5.36. The van der Waals surface area contributed by atoms with Crippen LogP contribution >= 0.6 is 11.6 Å². The van der Waals surface area contributed by atoms with Crippen LogP contribution in [0.25, 0.3) is 16.6 Å². The molecule has 0 spiro atoms. The summed E-state index contributed by atoms with van der Waals surface area (Å²) in [6.07, 6.45) is 1.42. The third kappa shape index (κ3) is 3.48. The van der Waals surface area contributed by atoms with E-state index in [-0.39, 0.29) is 5.56 Å². The number of fused-ring (bicyclic) bond motifs is 1. The Bertz CT molecular complexity index is 1050. The van der Waals surface area contributed by atoms with Crippen LogP contribution in [0.5, 0.6) is 0 Å². The van der Waals surface area contributed by atoms with E-state index in [4.69, 9.17) is 17.3 Å². The summed E-state index contributed by atoms with van der Waals surface area (Å²) in [7, 11) is 0. The molecular formula is C20H19ClN4O. The van der Waals surface area contributed by atoms with Gasteiger partial charge in [0.15, 0.2) is 0 Å². The maximum absolute atomic E-state index is 13.2. The number of nitriles is 1. The number of hydrogen-bond donors (Lipinski definition) is 1. The van der Waals surface area contributed by atoms with Gasteiger partial charge in [0.05, 0.1) is 33.2 Å². The molecule has 3 rings (SSSR count). The van der Waals surface area contributed by atoms with Gasteiger partial charge in [0.1, 0.15) is 5.82 Å². The Morgan fingerprint density at radius 2 is 2.08 bits per heavy atom. The molecule has 1 unspecified atom stereocenters. The summed E-state index contributed by atoms with van der Waals surface area (Å²) in [5.41, 5.74) is 7.16. The number of hydrogen-bond acceptors (Lipinski definition) is 4. The molecule has 26 heavy (non-hydrogen) atoms. The van der Waals surface area contributed by atoms with Crippen molar-refractivity contribution in [1.82, 2.24) is 9.55 Å². The first-order valence-corrected chi connectivity index (χ1v) is 8.83. The Hall–Kier alpha value is -2.68. The van der Waals surface area contributed by atoms with E-state index in [0.717, 1.165) is 6.42 Å². The molecule has 1 heterocycles. The standard InChI is InChI=1S/C20H19ClN4O/c1-13(11-22)8-9-18-24-17-7-3-6-16(21)19(17)20(26)25(18)15-5-2-4-14(10-15)12-23/h2-7,10,13H,8-9,11,22H2,1H3. The highest BCUT2D eigenvalue weighted by Gasteiger charge is 2.16. The lowest BCUT2D eigenvalue weighted by Gasteiger charge is -2.16. The maximum Gasteiger partial charge on any atom is 0.267 e. The van der Waals surface area contributed by atoms with Crippen molar-refractivity contribution in [3.8, 4) is 11.8 Å². The summed E-state index contributed by atoms with van der Waals surface area (Å²) in [6, 6.07) is 14.3. The zero-order valence-corrected chi connectivity index (χ0v) is 15.2. The summed E-state index contributed by atoms with van der Waals surface area (Å²) in [4.78, 5) is 17.9. The minimum atomic E-state index is -0.230. The van der Waals surface area contributed by atoms with Crippen molar-refractivity contribution in [1.29, 1.82) is 5.26 Å². The minimum Gasteiger partial charge on any atom is -0.330 e. The fourth-order valence-corrected chi connectivity index (χ4v) is 3.13. The summed E-state index contributed by atoms with van der Waals surface area (Å²) in [5, 5.41) is 9.93. The SMILES string of the molecule is CC(CN)CCc1nc2cccc(Cl)c2c(=O)n1-c1cccc(C#N)c1. The number of nitrogens with two attached hydrogens (primary N) is 1. The Morgan fingerprint density at radius 3 is 2.81 bits per heavy atom. The quantitative estimate of drug-likeness (QED) is 0.749. The molecule has 132 valence electrons. The molecule has 1 aromatic heterocycles. The van der Waals surface area contributed by atoms with E-state index >= 15 is 0 Å². The Balaban J connectivity index is 2.26. The smallest absolute Gasteiger partial charge is 0.267 e. The van der Waals surface area contributed by atoms with Crippen LogP contribution in [0.15, 0.2) is 47.3 Å².